The van der Waals surface area contributed by atoms with Gasteiger partial charge in [-0.1, -0.05) is 0 Å². The number of fused-ring (bicyclic) bond motifs is 1. The first kappa shape index (κ1) is 8.26. The van der Waals surface area contributed by atoms with Crippen LogP contribution in [0, 0.1) is 11.8 Å². The average Bonchev–Trinajstić information content (AvgIpc) is 2.27. The van der Waals surface area contributed by atoms with Crippen LogP contribution in [0.5, 0.6) is 0 Å². The summed E-state index contributed by atoms with van der Waals surface area (Å²) in [5, 5.41) is 0. The molecule has 64 valence electrons. The Hall–Kier alpha value is 0.650. The summed E-state index contributed by atoms with van der Waals surface area (Å²) in [7, 11) is 2.25. The number of hydrogen-bond acceptors (Lipinski definition) is 2. The Kier molecular flexibility index (Phi) is 2.39. The van der Waals surface area contributed by atoms with Gasteiger partial charge in [-0.25, -0.2) is 3.11 Å². The molecule has 2 saturated heterocycles. The second-order valence-corrected chi connectivity index (χ2v) is 5.26. The van der Waals surface area contributed by atoms with Crippen molar-refractivity contribution in [2.24, 2.45) is 11.8 Å². The molecular weight excluding hydrogens is 251 g/mol. The molecule has 2 atom stereocenters. The van der Waals surface area contributed by atoms with Gasteiger partial charge < -0.3 is 4.90 Å². The molecule has 0 bridgehead atoms. The van der Waals surface area contributed by atoms with Gasteiger partial charge in [0.1, 0.15) is 0 Å². The van der Waals surface area contributed by atoms with E-state index in [0.717, 1.165) is 11.8 Å². The van der Waals surface area contributed by atoms with E-state index in [4.69, 9.17) is 0 Å². The van der Waals surface area contributed by atoms with E-state index in [1.807, 2.05) is 0 Å². The Morgan fingerprint density at radius 1 is 1.18 bits per heavy atom. The standard InChI is InChI=1S/C8H15IN2/c1-10-4-7-2-3-11(9)6-8(7)5-10/h7-8H,2-6H2,1H3/t7-,8-/m1/s1. The van der Waals surface area contributed by atoms with Crippen LogP contribution < -0.4 is 0 Å². The van der Waals surface area contributed by atoms with E-state index in [2.05, 4.69) is 37.9 Å². The highest BCUT2D eigenvalue weighted by molar-refractivity contribution is 14.1. The number of hydrogen-bond donors (Lipinski definition) is 0. The number of piperidine rings is 1. The molecule has 0 spiro atoms. The van der Waals surface area contributed by atoms with Crippen LogP contribution in [0.4, 0.5) is 0 Å². The first-order valence-electron chi connectivity index (χ1n) is 4.35. The molecule has 2 fully saturated rings. The first-order valence-corrected chi connectivity index (χ1v) is 5.31. The van der Waals surface area contributed by atoms with Gasteiger partial charge in [0.2, 0.25) is 0 Å². The van der Waals surface area contributed by atoms with Crippen molar-refractivity contribution in [2.45, 2.75) is 6.42 Å². The number of nitrogens with zero attached hydrogens (tertiary/aromatic N) is 2. The Morgan fingerprint density at radius 2 is 1.91 bits per heavy atom. The lowest BCUT2D eigenvalue weighted by atomic mass is 9.90. The molecule has 0 aliphatic carbocycles. The molecule has 0 amide bonds. The van der Waals surface area contributed by atoms with Gasteiger partial charge in [0.05, 0.1) is 0 Å². The summed E-state index contributed by atoms with van der Waals surface area (Å²) in [4.78, 5) is 2.48. The van der Waals surface area contributed by atoms with Crippen molar-refractivity contribution in [2.75, 3.05) is 33.2 Å². The molecule has 2 aliphatic rings. The lowest BCUT2D eigenvalue weighted by Crippen LogP contribution is -2.33. The highest BCUT2D eigenvalue weighted by Crippen LogP contribution is 2.31. The smallest absolute Gasteiger partial charge is 0.0201 e. The van der Waals surface area contributed by atoms with Crippen molar-refractivity contribution in [3.63, 3.8) is 0 Å². The minimum absolute atomic E-state index is 0.964. The van der Waals surface area contributed by atoms with E-state index in [1.54, 1.807) is 0 Å². The summed E-state index contributed by atoms with van der Waals surface area (Å²) in [5.74, 6) is 1.97. The first-order chi connectivity index (χ1) is 5.25. The third-order valence-electron chi connectivity index (χ3n) is 2.93. The summed E-state index contributed by atoms with van der Waals surface area (Å²) in [6.45, 7) is 5.28. The Morgan fingerprint density at radius 3 is 2.73 bits per heavy atom. The van der Waals surface area contributed by atoms with Crippen molar-refractivity contribution in [1.82, 2.24) is 8.01 Å². The zero-order chi connectivity index (χ0) is 7.84. The molecule has 2 rings (SSSR count). The molecule has 0 aromatic carbocycles. The van der Waals surface area contributed by atoms with Crippen LogP contribution in [0.15, 0.2) is 0 Å². The summed E-state index contributed by atoms with van der Waals surface area (Å²) >= 11 is 2.45. The van der Waals surface area contributed by atoms with Crippen LogP contribution in [-0.2, 0) is 0 Å². The van der Waals surface area contributed by atoms with Gasteiger partial charge in [-0.15, -0.1) is 0 Å². The molecule has 0 aromatic heterocycles. The number of rotatable bonds is 0. The SMILES string of the molecule is CN1C[C@H]2CCN(I)C[C@H]2C1. The van der Waals surface area contributed by atoms with Crippen molar-refractivity contribution in [3.05, 3.63) is 0 Å². The Balaban J connectivity index is 1.97. The largest absolute Gasteiger partial charge is 0.306 e. The highest BCUT2D eigenvalue weighted by Gasteiger charge is 2.34. The van der Waals surface area contributed by atoms with Crippen LogP contribution in [-0.4, -0.2) is 41.2 Å². The third-order valence-corrected chi connectivity index (χ3v) is 3.81. The fraction of sp³-hybridized carbons (Fsp3) is 1.00. The molecule has 0 unspecified atom stereocenters. The third kappa shape index (κ3) is 1.70. The van der Waals surface area contributed by atoms with E-state index in [9.17, 15) is 0 Å². The zero-order valence-electron chi connectivity index (χ0n) is 6.96. The molecule has 0 saturated carbocycles. The quantitative estimate of drug-likeness (QED) is 0.480. The second kappa shape index (κ2) is 3.18. The zero-order valence-corrected chi connectivity index (χ0v) is 9.12. The maximum Gasteiger partial charge on any atom is 0.0201 e. The van der Waals surface area contributed by atoms with Crippen LogP contribution in [0.2, 0.25) is 0 Å². The molecule has 0 radical (unpaired) electrons. The van der Waals surface area contributed by atoms with Crippen molar-refractivity contribution < 1.29 is 0 Å². The van der Waals surface area contributed by atoms with Crippen molar-refractivity contribution >= 4 is 22.9 Å². The minimum atomic E-state index is 0.964. The summed E-state index contributed by atoms with van der Waals surface area (Å²) < 4.78 is 2.44. The monoisotopic (exact) mass is 266 g/mol. The van der Waals surface area contributed by atoms with Gasteiger partial charge in [-0.05, 0) is 25.3 Å². The van der Waals surface area contributed by atoms with Crippen LogP contribution in [0.25, 0.3) is 0 Å². The van der Waals surface area contributed by atoms with Crippen molar-refractivity contribution in [3.8, 4) is 0 Å². The topological polar surface area (TPSA) is 6.48 Å². The molecule has 0 N–H and O–H groups in total. The molecule has 0 aromatic rings. The summed E-state index contributed by atoms with van der Waals surface area (Å²) in [6, 6.07) is 0. The fourth-order valence-electron chi connectivity index (χ4n) is 2.36. The molecule has 2 heterocycles. The second-order valence-electron chi connectivity index (χ2n) is 3.90. The van der Waals surface area contributed by atoms with Crippen LogP contribution >= 0.6 is 22.9 Å². The number of halogens is 1. The number of likely N-dealkylation sites (tertiary alicyclic amines) is 1. The van der Waals surface area contributed by atoms with Gasteiger partial charge in [0, 0.05) is 49.0 Å². The summed E-state index contributed by atoms with van der Waals surface area (Å²) in [5.41, 5.74) is 0. The van der Waals surface area contributed by atoms with E-state index in [-0.39, 0.29) is 0 Å². The predicted octanol–water partition coefficient (Wildman–Crippen LogP) is 1.22. The molecule has 2 aliphatic heterocycles. The van der Waals surface area contributed by atoms with Crippen LogP contribution in [0.3, 0.4) is 0 Å². The highest BCUT2D eigenvalue weighted by atomic mass is 127. The van der Waals surface area contributed by atoms with Gasteiger partial charge in [0.25, 0.3) is 0 Å². The predicted molar refractivity (Wildman–Crippen MR) is 54.7 cm³/mol. The average molecular weight is 266 g/mol. The Labute approximate surface area is 82.4 Å². The van der Waals surface area contributed by atoms with E-state index in [1.165, 1.54) is 32.6 Å². The maximum absolute atomic E-state index is 2.48. The van der Waals surface area contributed by atoms with E-state index in [0.29, 0.717) is 0 Å². The molecule has 2 nitrogen and oxygen atoms in total. The van der Waals surface area contributed by atoms with Gasteiger partial charge in [-0.3, -0.25) is 0 Å². The summed E-state index contributed by atoms with van der Waals surface area (Å²) in [6.07, 6.45) is 1.41. The molecular formula is C8H15IN2. The van der Waals surface area contributed by atoms with Gasteiger partial charge in [-0.2, -0.15) is 0 Å². The van der Waals surface area contributed by atoms with Gasteiger partial charge >= 0.3 is 0 Å². The van der Waals surface area contributed by atoms with Crippen molar-refractivity contribution in [1.29, 1.82) is 0 Å². The van der Waals surface area contributed by atoms with Gasteiger partial charge in [0.15, 0.2) is 0 Å². The minimum Gasteiger partial charge on any atom is -0.306 e. The molecule has 3 heteroatoms. The van der Waals surface area contributed by atoms with Crippen LogP contribution in [0.1, 0.15) is 6.42 Å². The fourth-order valence-corrected chi connectivity index (χ4v) is 3.14. The maximum atomic E-state index is 2.48. The Bertz CT molecular complexity index is 151. The van der Waals surface area contributed by atoms with E-state index < -0.39 is 0 Å². The lowest BCUT2D eigenvalue weighted by Gasteiger charge is -2.29. The van der Waals surface area contributed by atoms with E-state index >= 15 is 0 Å². The normalized spacial score (nSPS) is 40.9. The lowest BCUT2D eigenvalue weighted by molar-refractivity contribution is 0.257. The molecule has 11 heavy (non-hydrogen) atoms.